The second-order valence-electron chi connectivity index (χ2n) is 9.57. The van der Waals surface area contributed by atoms with Crippen molar-refractivity contribution >= 4 is 0 Å². The van der Waals surface area contributed by atoms with Crippen molar-refractivity contribution in [3.05, 3.63) is 82.9 Å². The van der Waals surface area contributed by atoms with Crippen LogP contribution in [0.4, 0.5) is 0 Å². The molecule has 0 atom stereocenters. The summed E-state index contributed by atoms with van der Waals surface area (Å²) in [6, 6.07) is 20.4. The van der Waals surface area contributed by atoms with Gasteiger partial charge < -0.3 is 18.9 Å². The van der Waals surface area contributed by atoms with Crippen molar-refractivity contribution in [2.75, 3.05) is 28.4 Å². The molecule has 0 fully saturated rings. The van der Waals surface area contributed by atoms with E-state index in [1.54, 1.807) is 28.4 Å². The summed E-state index contributed by atoms with van der Waals surface area (Å²) in [5, 5.41) is 0. The van der Waals surface area contributed by atoms with Gasteiger partial charge >= 0.3 is 0 Å². The first kappa shape index (κ1) is 23.3. The number of hydrogen-bond acceptors (Lipinski definition) is 6. The molecule has 0 amide bonds. The number of pyridine rings is 2. The number of benzene rings is 2. The van der Waals surface area contributed by atoms with Crippen LogP contribution in [-0.2, 0) is 18.3 Å². The number of aryl methyl sites for hydroxylation is 2. The number of fused-ring (bicyclic) bond motifs is 4. The summed E-state index contributed by atoms with van der Waals surface area (Å²) in [7, 11) is 6.79. The lowest BCUT2D eigenvalue weighted by Gasteiger charge is -2.31. The molecule has 188 valence electrons. The van der Waals surface area contributed by atoms with Gasteiger partial charge in [0.25, 0.3) is 0 Å². The zero-order chi connectivity index (χ0) is 25.6. The molecule has 2 aliphatic rings. The summed E-state index contributed by atoms with van der Waals surface area (Å²) in [5.74, 6) is 2.93. The molecule has 6 rings (SSSR count). The van der Waals surface area contributed by atoms with E-state index < -0.39 is 0 Å². The van der Waals surface area contributed by atoms with Crippen LogP contribution in [0.25, 0.3) is 22.5 Å². The van der Waals surface area contributed by atoms with Crippen molar-refractivity contribution in [3.63, 3.8) is 0 Å². The lowest BCUT2D eigenvalue weighted by atomic mass is 9.74. The molecule has 0 aliphatic heterocycles. The molecule has 2 aromatic carbocycles. The van der Waals surface area contributed by atoms with E-state index in [1.165, 1.54) is 22.3 Å². The Balaban J connectivity index is 1.57. The van der Waals surface area contributed by atoms with E-state index >= 15 is 0 Å². The standard InChI is InChI=1S/C31H30N2O4/c1-34-25-9-5-7-23(32-25)21-13-11-19-15-17-31(27(19)29(21)36-3)18-16-20-12-14-22(30(37-4)28(20)31)24-8-6-10-26(33-24)35-2/h5-14H,15-18H2,1-4H3. The third-order valence-electron chi connectivity index (χ3n) is 7.91. The van der Waals surface area contributed by atoms with Crippen LogP contribution in [0, 0.1) is 0 Å². The zero-order valence-corrected chi connectivity index (χ0v) is 21.6. The van der Waals surface area contributed by atoms with Crippen molar-refractivity contribution in [1.82, 2.24) is 9.97 Å². The van der Waals surface area contributed by atoms with Gasteiger partial charge in [0.05, 0.1) is 39.8 Å². The SMILES string of the molecule is COc1cccc(-c2ccc3c(c2OC)C2(CC3)CCc3ccc(-c4cccc(OC)n4)c(OC)c32)n1. The van der Waals surface area contributed by atoms with E-state index in [0.717, 1.165) is 59.7 Å². The second-order valence-corrected chi connectivity index (χ2v) is 9.57. The third kappa shape index (κ3) is 3.54. The van der Waals surface area contributed by atoms with Gasteiger partial charge in [-0.25, -0.2) is 9.97 Å². The molecule has 0 saturated heterocycles. The van der Waals surface area contributed by atoms with Crippen LogP contribution in [0.5, 0.6) is 23.3 Å². The second kappa shape index (κ2) is 9.11. The minimum atomic E-state index is -0.203. The Morgan fingerprint density at radius 3 is 1.43 bits per heavy atom. The molecular weight excluding hydrogens is 464 g/mol. The molecular formula is C31H30N2O4. The topological polar surface area (TPSA) is 62.7 Å². The summed E-state index contributed by atoms with van der Waals surface area (Å²) in [4.78, 5) is 9.42. The Morgan fingerprint density at radius 1 is 0.568 bits per heavy atom. The predicted octanol–water partition coefficient (Wildman–Crippen LogP) is 6.02. The van der Waals surface area contributed by atoms with E-state index in [1.807, 2.05) is 36.4 Å². The molecule has 37 heavy (non-hydrogen) atoms. The lowest BCUT2D eigenvalue weighted by Crippen LogP contribution is -2.23. The molecule has 0 unspecified atom stereocenters. The highest BCUT2D eigenvalue weighted by molar-refractivity contribution is 5.78. The van der Waals surface area contributed by atoms with Gasteiger partial charge in [-0.2, -0.15) is 0 Å². The number of nitrogens with zero attached hydrogens (tertiary/aromatic N) is 2. The first-order valence-corrected chi connectivity index (χ1v) is 12.6. The molecule has 2 heterocycles. The van der Waals surface area contributed by atoms with Gasteiger partial charge in [-0.1, -0.05) is 24.3 Å². The highest BCUT2D eigenvalue weighted by atomic mass is 16.5. The van der Waals surface area contributed by atoms with Crippen molar-refractivity contribution in [2.24, 2.45) is 0 Å². The Kier molecular flexibility index (Phi) is 5.75. The van der Waals surface area contributed by atoms with Gasteiger partial charge in [0.1, 0.15) is 11.5 Å². The van der Waals surface area contributed by atoms with Crippen LogP contribution in [0.1, 0.15) is 35.1 Å². The molecule has 2 aromatic heterocycles. The number of methoxy groups -OCH3 is 4. The fraction of sp³-hybridized carbons (Fsp3) is 0.290. The average Bonchev–Trinajstić information content (AvgIpc) is 3.53. The summed E-state index contributed by atoms with van der Waals surface area (Å²) < 4.78 is 23.2. The minimum Gasteiger partial charge on any atom is -0.496 e. The quantitative estimate of drug-likeness (QED) is 0.326. The van der Waals surface area contributed by atoms with Crippen LogP contribution in [0.15, 0.2) is 60.7 Å². The maximum absolute atomic E-state index is 6.19. The van der Waals surface area contributed by atoms with Crippen LogP contribution < -0.4 is 18.9 Å². The highest BCUT2D eigenvalue weighted by Crippen LogP contribution is 2.60. The first-order valence-electron chi connectivity index (χ1n) is 12.6. The van der Waals surface area contributed by atoms with E-state index in [-0.39, 0.29) is 5.41 Å². The summed E-state index contributed by atoms with van der Waals surface area (Å²) >= 11 is 0. The minimum absolute atomic E-state index is 0.203. The molecule has 1 spiro atoms. The third-order valence-corrected chi connectivity index (χ3v) is 7.91. The van der Waals surface area contributed by atoms with Gasteiger partial charge in [0.2, 0.25) is 11.8 Å². The maximum atomic E-state index is 6.19. The predicted molar refractivity (Wildman–Crippen MR) is 143 cm³/mol. The van der Waals surface area contributed by atoms with Crippen LogP contribution in [0.3, 0.4) is 0 Å². The lowest BCUT2D eigenvalue weighted by molar-refractivity contribution is 0.380. The Morgan fingerprint density at radius 2 is 1.03 bits per heavy atom. The summed E-state index contributed by atoms with van der Waals surface area (Å²) in [5.41, 5.74) is 8.56. The largest absolute Gasteiger partial charge is 0.496 e. The zero-order valence-electron chi connectivity index (χ0n) is 21.6. The Labute approximate surface area is 217 Å². The highest BCUT2D eigenvalue weighted by Gasteiger charge is 2.49. The van der Waals surface area contributed by atoms with E-state index in [2.05, 4.69) is 24.3 Å². The van der Waals surface area contributed by atoms with Crippen LogP contribution >= 0.6 is 0 Å². The number of ether oxygens (including phenoxy) is 4. The van der Waals surface area contributed by atoms with Gasteiger partial charge in [-0.3, -0.25) is 0 Å². The van der Waals surface area contributed by atoms with Crippen molar-refractivity contribution < 1.29 is 18.9 Å². The average molecular weight is 495 g/mol. The molecule has 6 nitrogen and oxygen atoms in total. The van der Waals surface area contributed by atoms with Crippen LogP contribution in [-0.4, -0.2) is 38.4 Å². The molecule has 0 bridgehead atoms. The van der Waals surface area contributed by atoms with Gasteiger partial charge in [-0.05, 0) is 61.1 Å². The molecule has 6 heteroatoms. The molecule has 0 radical (unpaired) electrons. The molecule has 2 aliphatic carbocycles. The Hall–Kier alpha value is -4.06. The number of hydrogen-bond donors (Lipinski definition) is 0. The molecule has 0 saturated carbocycles. The van der Waals surface area contributed by atoms with Gasteiger partial charge in [0, 0.05) is 39.8 Å². The van der Waals surface area contributed by atoms with E-state index in [0.29, 0.717) is 11.8 Å². The van der Waals surface area contributed by atoms with Crippen molar-refractivity contribution in [3.8, 4) is 45.8 Å². The monoisotopic (exact) mass is 494 g/mol. The normalized spacial score (nSPS) is 14.8. The Bertz CT molecular complexity index is 1380. The molecule has 0 N–H and O–H groups in total. The van der Waals surface area contributed by atoms with Crippen LogP contribution in [0.2, 0.25) is 0 Å². The number of aromatic nitrogens is 2. The van der Waals surface area contributed by atoms with E-state index in [9.17, 15) is 0 Å². The molecule has 4 aromatic rings. The van der Waals surface area contributed by atoms with Crippen molar-refractivity contribution in [1.29, 1.82) is 0 Å². The first-order chi connectivity index (χ1) is 18.1. The maximum Gasteiger partial charge on any atom is 0.213 e. The smallest absolute Gasteiger partial charge is 0.213 e. The fourth-order valence-corrected chi connectivity index (χ4v) is 6.34. The summed E-state index contributed by atoms with van der Waals surface area (Å²) in [6.07, 6.45) is 3.99. The summed E-state index contributed by atoms with van der Waals surface area (Å²) in [6.45, 7) is 0. The number of rotatable bonds is 6. The van der Waals surface area contributed by atoms with Crippen molar-refractivity contribution in [2.45, 2.75) is 31.1 Å². The fourth-order valence-electron chi connectivity index (χ4n) is 6.34. The van der Waals surface area contributed by atoms with Gasteiger partial charge in [0.15, 0.2) is 0 Å². The van der Waals surface area contributed by atoms with Gasteiger partial charge in [-0.15, -0.1) is 0 Å². The van der Waals surface area contributed by atoms with E-state index in [4.69, 9.17) is 28.9 Å².